The Morgan fingerprint density at radius 1 is 1.03 bits per heavy atom. The molecule has 1 unspecified atom stereocenters. The summed E-state index contributed by atoms with van der Waals surface area (Å²) in [6.45, 7) is 4.06. The van der Waals surface area contributed by atoms with Gasteiger partial charge in [0.15, 0.2) is 0 Å². The first-order valence-electron chi connectivity index (χ1n) is 11.1. The highest BCUT2D eigenvalue weighted by molar-refractivity contribution is 7.92. The van der Waals surface area contributed by atoms with Gasteiger partial charge in [-0.15, -0.1) is 0 Å². The van der Waals surface area contributed by atoms with Crippen molar-refractivity contribution in [2.75, 3.05) is 30.2 Å². The summed E-state index contributed by atoms with van der Waals surface area (Å²) in [5, 5.41) is 3.29. The van der Waals surface area contributed by atoms with Gasteiger partial charge >= 0.3 is 0 Å². The number of anilines is 1. The van der Waals surface area contributed by atoms with E-state index < -0.39 is 28.5 Å². The molecule has 2 aromatic rings. The minimum atomic E-state index is -3.83. The van der Waals surface area contributed by atoms with Crippen molar-refractivity contribution in [3.05, 3.63) is 64.1 Å². The zero-order chi connectivity index (χ0) is 25.3. The van der Waals surface area contributed by atoms with Crippen molar-refractivity contribution in [2.45, 2.75) is 39.2 Å². The van der Waals surface area contributed by atoms with E-state index in [9.17, 15) is 18.0 Å². The number of benzene rings is 2. The standard InChI is InChI=1S/C24H31Cl2N3O4S/c1-4-14-27-24(31)22(5-2)28(15-13-18-9-7-6-8-10-18)23(30)17-29(34(3,32)33)19-11-12-20(25)21(26)16-19/h6-12,16,22H,4-5,13-15,17H2,1-3H3,(H,27,31). The van der Waals surface area contributed by atoms with E-state index in [-0.39, 0.29) is 28.2 Å². The SMILES string of the molecule is CCCNC(=O)C(CC)N(CCc1ccccc1)C(=O)CN(c1ccc(Cl)c(Cl)c1)S(C)(=O)=O. The summed E-state index contributed by atoms with van der Waals surface area (Å²) in [5.74, 6) is -0.739. The Hall–Kier alpha value is -2.29. The van der Waals surface area contributed by atoms with E-state index in [1.807, 2.05) is 44.2 Å². The van der Waals surface area contributed by atoms with Crippen molar-refractivity contribution in [3.63, 3.8) is 0 Å². The molecule has 0 saturated carbocycles. The van der Waals surface area contributed by atoms with E-state index in [0.29, 0.717) is 19.4 Å². The molecule has 2 aromatic carbocycles. The maximum atomic E-state index is 13.5. The summed E-state index contributed by atoms with van der Waals surface area (Å²) in [5.41, 5.74) is 1.23. The van der Waals surface area contributed by atoms with Crippen LogP contribution in [0.3, 0.4) is 0 Å². The fourth-order valence-electron chi connectivity index (χ4n) is 3.52. The maximum Gasteiger partial charge on any atom is 0.244 e. The van der Waals surface area contributed by atoms with Crippen molar-refractivity contribution < 1.29 is 18.0 Å². The van der Waals surface area contributed by atoms with Crippen LogP contribution in [0.1, 0.15) is 32.3 Å². The van der Waals surface area contributed by atoms with Crippen LogP contribution >= 0.6 is 23.2 Å². The van der Waals surface area contributed by atoms with Crippen LogP contribution in [0.25, 0.3) is 0 Å². The number of carbonyl (C=O) groups is 2. The molecule has 0 heterocycles. The molecule has 10 heteroatoms. The summed E-state index contributed by atoms with van der Waals surface area (Å²) < 4.78 is 26.1. The number of hydrogen-bond acceptors (Lipinski definition) is 4. The van der Waals surface area contributed by atoms with Gasteiger partial charge in [0, 0.05) is 13.1 Å². The van der Waals surface area contributed by atoms with Gasteiger partial charge in [-0.3, -0.25) is 13.9 Å². The Morgan fingerprint density at radius 3 is 2.26 bits per heavy atom. The molecule has 7 nitrogen and oxygen atoms in total. The van der Waals surface area contributed by atoms with Crippen molar-refractivity contribution in [1.82, 2.24) is 10.2 Å². The number of sulfonamides is 1. The van der Waals surface area contributed by atoms with Crippen LogP contribution in [-0.4, -0.2) is 57.1 Å². The highest BCUT2D eigenvalue weighted by Gasteiger charge is 2.31. The molecule has 0 aliphatic carbocycles. The Labute approximate surface area is 212 Å². The first kappa shape index (κ1) is 28.0. The van der Waals surface area contributed by atoms with Crippen LogP contribution in [0.2, 0.25) is 10.0 Å². The quantitative estimate of drug-likeness (QED) is 0.449. The van der Waals surface area contributed by atoms with Gasteiger partial charge in [0.1, 0.15) is 12.6 Å². The third-order valence-corrected chi connectivity index (χ3v) is 7.17. The molecule has 0 aliphatic heterocycles. The number of rotatable bonds is 12. The van der Waals surface area contributed by atoms with Crippen LogP contribution in [0.4, 0.5) is 5.69 Å². The molecule has 0 spiro atoms. The Balaban J connectivity index is 2.36. The fraction of sp³-hybridized carbons (Fsp3) is 0.417. The lowest BCUT2D eigenvalue weighted by molar-refractivity contribution is -0.139. The molecule has 0 radical (unpaired) electrons. The second-order valence-electron chi connectivity index (χ2n) is 7.91. The monoisotopic (exact) mass is 527 g/mol. The second-order valence-corrected chi connectivity index (χ2v) is 10.6. The number of amides is 2. The topological polar surface area (TPSA) is 86.8 Å². The van der Waals surface area contributed by atoms with E-state index in [2.05, 4.69) is 5.32 Å². The summed E-state index contributed by atoms with van der Waals surface area (Å²) in [7, 11) is -3.83. The Kier molecular flexibility index (Phi) is 10.7. The van der Waals surface area contributed by atoms with Gasteiger partial charge in [-0.1, -0.05) is 67.4 Å². The lowest BCUT2D eigenvalue weighted by Crippen LogP contribution is -2.53. The highest BCUT2D eigenvalue weighted by atomic mass is 35.5. The van der Waals surface area contributed by atoms with Gasteiger partial charge in [-0.25, -0.2) is 8.42 Å². The Morgan fingerprint density at radius 2 is 1.71 bits per heavy atom. The maximum absolute atomic E-state index is 13.5. The average Bonchev–Trinajstić information content (AvgIpc) is 2.80. The van der Waals surface area contributed by atoms with Crippen molar-refractivity contribution in [3.8, 4) is 0 Å². The summed E-state index contributed by atoms with van der Waals surface area (Å²) in [6.07, 6.45) is 2.69. The normalized spacial score (nSPS) is 12.1. The second kappa shape index (κ2) is 13.0. The molecule has 1 N–H and O–H groups in total. The predicted molar refractivity (Wildman–Crippen MR) is 138 cm³/mol. The van der Waals surface area contributed by atoms with E-state index in [1.165, 1.54) is 23.1 Å². The third-order valence-electron chi connectivity index (χ3n) is 5.29. The lowest BCUT2D eigenvalue weighted by atomic mass is 10.1. The summed E-state index contributed by atoms with van der Waals surface area (Å²) in [6, 6.07) is 13.2. The van der Waals surface area contributed by atoms with Crippen molar-refractivity contribution >= 4 is 50.7 Å². The zero-order valence-corrected chi connectivity index (χ0v) is 22.0. The molecule has 0 aromatic heterocycles. The van der Waals surface area contributed by atoms with Gasteiger partial charge in [-0.05, 0) is 43.0 Å². The van der Waals surface area contributed by atoms with E-state index in [4.69, 9.17) is 23.2 Å². The first-order chi connectivity index (χ1) is 16.1. The number of halogens is 2. The van der Waals surface area contributed by atoms with Crippen LogP contribution in [0.5, 0.6) is 0 Å². The number of carbonyl (C=O) groups excluding carboxylic acids is 2. The molecule has 0 bridgehead atoms. The number of nitrogens with zero attached hydrogens (tertiary/aromatic N) is 2. The molecular weight excluding hydrogens is 497 g/mol. The predicted octanol–water partition coefficient (Wildman–Crippen LogP) is 4.14. The lowest BCUT2D eigenvalue weighted by Gasteiger charge is -2.33. The number of nitrogens with one attached hydrogen (secondary N) is 1. The van der Waals surface area contributed by atoms with Gasteiger partial charge in [0.2, 0.25) is 21.8 Å². The average molecular weight is 529 g/mol. The van der Waals surface area contributed by atoms with Crippen LogP contribution in [0, 0.1) is 0 Å². The van der Waals surface area contributed by atoms with Gasteiger partial charge in [0.05, 0.1) is 22.0 Å². The minimum absolute atomic E-state index is 0.173. The molecule has 0 saturated heterocycles. The summed E-state index contributed by atoms with van der Waals surface area (Å²) >= 11 is 12.1. The van der Waals surface area contributed by atoms with E-state index in [1.54, 1.807) is 0 Å². The first-order valence-corrected chi connectivity index (χ1v) is 13.7. The van der Waals surface area contributed by atoms with E-state index in [0.717, 1.165) is 22.5 Å². The van der Waals surface area contributed by atoms with Crippen LogP contribution in [-0.2, 0) is 26.0 Å². The molecule has 34 heavy (non-hydrogen) atoms. The molecule has 186 valence electrons. The number of hydrogen-bond donors (Lipinski definition) is 1. The molecule has 0 fully saturated rings. The van der Waals surface area contributed by atoms with E-state index >= 15 is 0 Å². The minimum Gasteiger partial charge on any atom is -0.354 e. The molecule has 0 aliphatic rings. The van der Waals surface area contributed by atoms with Gasteiger partial charge in [0.25, 0.3) is 0 Å². The summed E-state index contributed by atoms with van der Waals surface area (Å²) in [4.78, 5) is 27.8. The van der Waals surface area contributed by atoms with Crippen molar-refractivity contribution in [1.29, 1.82) is 0 Å². The third kappa shape index (κ3) is 7.89. The Bertz CT molecular complexity index is 1080. The van der Waals surface area contributed by atoms with Gasteiger partial charge in [-0.2, -0.15) is 0 Å². The van der Waals surface area contributed by atoms with Gasteiger partial charge < -0.3 is 10.2 Å². The molecule has 2 rings (SSSR count). The smallest absolute Gasteiger partial charge is 0.244 e. The van der Waals surface area contributed by atoms with Crippen LogP contribution < -0.4 is 9.62 Å². The largest absolute Gasteiger partial charge is 0.354 e. The fourth-order valence-corrected chi connectivity index (χ4v) is 4.65. The van der Waals surface area contributed by atoms with Crippen molar-refractivity contribution in [2.24, 2.45) is 0 Å². The molecular formula is C24H31Cl2N3O4S. The molecule has 2 amide bonds. The molecule has 1 atom stereocenters. The highest BCUT2D eigenvalue weighted by Crippen LogP contribution is 2.28. The zero-order valence-electron chi connectivity index (χ0n) is 19.6. The van der Waals surface area contributed by atoms with Crippen LogP contribution in [0.15, 0.2) is 48.5 Å².